The summed E-state index contributed by atoms with van der Waals surface area (Å²) < 4.78 is 0. The highest BCUT2D eigenvalue weighted by Crippen LogP contribution is 2.41. The number of hydrogen-bond donors (Lipinski definition) is 2. The van der Waals surface area contributed by atoms with Gasteiger partial charge in [-0.1, -0.05) is 124 Å². The first-order valence-corrected chi connectivity index (χ1v) is 13.8. The monoisotopic (exact) mass is 502 g/mol. The van der Waals surface area contributed by atoms with E-state index >= 15 is 0 Å². The topological polar surface area (TPSA) is 40.5 Å². The van der Waals surface area contributed by atoms with Crippen molar-refractivity contribution in [2.24, 2.45) is 0 Å². The van der Waals surface area contributed by atoms with E-state index in [1.165, 1.54) is 47.1 Å². The fourth-order valence-electron chi connectivity index (χ4n) is 4.56. The Morgan fingerprint density at radius 3 is 1.14 bits per heavy atom. The number of phenols is 2. The van der Waals surface area contributed by atoms with Gasteiger partial charge in [0, 0.05) is 10.8 Å². The highest BCUT2D eigenvalue weighted by atomic mass is 16.3. The summed E-state index contributed by atoms with van der Waals surface area (Å²) in [4.78, 5) is 0. The SMILES string of the molecule is CCCCC.Cc1cc(C(C)(C)c2cc(C(C)(C)C)cc(C(C)(C)c3ccc(O)c(C)c3)c2)ccc1O. The number of benzene rings is 3. The quantitative estimate of drug-likeness (QED) is 0.352. The Morgan fingerprint density at radius 1 is 0.514 bits per heavy atom. The average molecular weight is 503 g/mol. The van der Waals surface area contributed by atoms with Gasteiger partial charge in [0.05, 0.1) is 0 Å². The van der Waals surface area contributed by atoms with Gasteiger partial charge in [-0.2, -0.15) is 0 Å². The highest BCUT2D eigenvalue weighted by molar-refractivity contribution is 5.50. The molecule has 2 heteroatoms. The van der Waals surface area contributed by atoms with Crippen LogP contribution < -0.4 is 0 Å². The molecule has 0 fully saturated rings. The van der Waals surface area contributed by atoms with Gasteiger partial charge in [-0.05, 0) is 70.3 Å². The third-order valence-corrected chi connectivity index (χ3v) is 7.79. The first-order chi connectivity index (χ1) is 17.0. The summed E-state index contributed by atoms with van der Waals surface area (Å²) in [5.74, 6) is 0.662. The fraction of sp³-hybridized carbons (Fsp3) is 0.486. The first kappa shape index (κ1) is 30.5. The summed E-state index contributed by atoms with van der Waals surface area (Å²) in [5, 5.41) is 20.1. The van der Waals surface area contributed by atoms with Crippen LogP contribution >= 0.6 is 0 Å². The van der Waals surface area contributed by atoms with Gasteiger partial charge >= 0.3 is 0 Å². The molecule has 3 aromatic carbocycles. The smallest absolute Gasteiger partial charge is 0.118 e. The second-order valence-electron chi connectivity index (χ2n) is 12.7. The molecule has 0 saturated heterocycles. The van der Waals surface area contributed by atoms with Gasteiger partial charge < -0.3 is 10.2 Å². The van der Waals surface area contributed by atoms with E-state index in [0.717, 1.165) is 11.1 Å². The van der Waals surface area contributed by atoms with Crippen molar-refractivity contribution in [2.75, 3.05) is 0 Å². The summed E-state index contributed by atoms with van der Waals surface area (Å²) >= 11 is 0. The highest BCUT2D eigenvalue weighted by Gasteiger charge is 2.31. The Bertz CT molecular complexity index is 1110. The molecule has 0 heterocycles. The van der Waals surface area contributed by atoms with Crippen molar-refractivity contribution < 1.29 is 10.2 Å². The van der Waals surface area contributed by atoms with Gasteiger partial charge in [0.1, 0.15) is 11.5 Å². The van der Waals surface area contributed by atoms with Crippen molar-refractivity contribution in [1.82, 2.24) is 0 Å². The predicted octanol–water partition coefficient (Wildman–Crippen LogP) is 9.86. The van der Waals surface area contributed by atoms with Crippen LogP contribution in [0.25, 0.3) is 0 Å². The zero-order chi connectivity index (χ0) is 28.2. The van der Waals surface area contributed by atoms with Crippen LogP contribution in [0.15, 0.2) is 54.6 Å². The van der Waals surface area contributed by atoms with E-state index in [1.807, 2.05) is 26.0 Å². The molecule has 3 rings (SSSR count). The molecule has 0 spiro atoms. The average Bonchev–Trinajstić information content (AvgIpc) is 2.82. The normalized spacial score (nSPS) is 12.2. The van der Waals surface area contributed by atoms with Crippen molar-refractivity contribution in [3.63, 3.8) is 0 Å². The van der Waals surface area contributed by atoms with Gasteiger partial charge in [-0.3, -0.25) is 0 Å². The molecule has 0 bridgehead atoms. The Hall–Kier alpha value is -2.74. The third kappa shape index (κ3) is 7.18. The Morgan fingerprint density at radius 2 is 0.865 bits per heavy atom. The zero-order valence-electron chi connectivity index (χ0n) is 25.2. The van der Waals surface area contributed by atoms with E-state index in [9.17, 15) is 10.2 Å². The van der Waals surface area contributed by atoms with Crippen LogP contribution in [0.5, 0.6) is 11.5 Å². The Balaban J connectivity index is 0.000000877. The summed E-state index contributed by atoms with van der Waals surface area (Å²) in [6.07, 6.45) is 4.08. The molecular weight excluding hydrogens is 452 g/mol. The largest absolute Gasteiger partial charge is 0.508 e. The Labute approximate surface area is 226 Å². The van der Waals surface area contributed by atoms with Crippen molar-refractivity contribution in [3.8, 4) is 11.5 Å². The number of unbranched alkanes of at least 4 members (excludes halogenated alkanes) is 2. The molecule has 0 saturated carbocycles. The lowest BCUT2D eigenvalue weighted by molar-refractivity contribution is 0.469. The molecule has 0 amide bonds. The van der Waals surface area contributed by atoms with Gasteiger partial charge in [-0.25, -0.2) is 0 Å². The minimum atomic E-state index is -0.227. The number of aromatic hydroxyl groups is 2. The standard InChI is InChI=1S/C30H38O2.C5H12/c1-19-14-21(10-12-26(19)31)29(6,7)24-16-23(28(3,4)5)17-25(18-24)30(8,9)22-11-13-27(32)20(2)15-22;1-3-5-4-2/h10-18,31-32H,1-9H3;3-5H2,1-2H3. The number of aryl methyl sites for hydroxylation is 2. The van der Waals surface area contributed by atoms with E-state index < -0.39 is 0 Å². The van der Waals surface area contributed by atoms with Crippen LogP contribution in [-0.4, -0.2) is 10.2 Å². The zero-order valence-corrected chi connectivity index (χ0v) is 25.2. The maximum absolute atomic E-state index is 10.0. The lowest BCUT2D eigenvalue weighted by Gasteiger charge is -2.34. The summed E-state index contributed by atoms with van der Waals surface area (Å²) in [6.45, 7) is 24.1. The molecule has 0 atom stereocenters. The van der Waals surface area contributed by atoms with Gasteiger partial charge in [0.15, 0.2) is 0 Å². The summed E-state index contributed by atoms with van der Waals surface area (Å²) in [5.41, 5.74) is 7.52. The van der Waals surface area contributed by atoms with E-state index in [1.54, 1.807) is 12.1 Å². The van der Waals surface area contributed by atoms with Gasteiger partial charge in [-0.15, -0.1) is 0 Å². The molecule has 37 heavy (non-hydrogen) atoms. The van der Waals surface area contributed by atoms with E-state index in [4.69, 9.17) is 0 Å². The number of rotatable bonds is 6. The van der Waals surface area contributed by atoms with Crippen molar-refractivity contribution in [2.45, 2.75) is 112 Å². The van der Waals surface area contributed by atoms with E-state index in [2.05, 4.69) is 92.6 Å². The van der Waals surface area contributed by atoms with E-state index in [-0.39, 0.29) is 16.2 Å². The van der Waals surface area contributed by atoms with Crippen LogP contribution in [0, 0.1) is 13.8 Å². The molecule has 0 radical (unpaired) electrons. The number of phenolic OH excluding ortho intramolecular Hbond substituents is 2. The molecule has 0 aliphatic rings. The van der Waals surface area contributed by atoms with Crippen molar-refractivity contribution >= 4 is 0 Å². The van der Waals surface area contributed by atoms with Crippen LogP contribution in [0.3, 0.4) is 0 Å². The molecule has 2 nitrogen and oxygen atoms in total. The van der Waals surface area contributed by atoms with Crippen LogP contribution in [0.1, 0.15) is 121 Å². The minimum Gasteiger partial charge on any atom is -0.508 e. The fourth-order valence-corrected chi connectivity index (χ4v) is 4.56. The third-order valence-electron chi connectivity index (χ3n) is 7.79. The number of hydrogen-bond acceptors (Lipinski definition) is 2. The van der Waals surface area contributed by atoms with E-state index in [0.29, 0.717) is 11.5 Å². The van der Waals surface area contributed by atoms with Crippen molar-refractivity contribution in [1.29, 1.82) is 0 Å². The molecule has 0 aliphatic carbocycles. The lowest BCUT2D eigenvalue weighted by Crippen LogP contribution is -2.25. The molecule has 0 aliphatic heterocycles. The van der Waals surface area contributed by atoms with Crippen LogP contribution in [0.2, 0.25) is 0 Å². The second-order valence-corrected chi connectivity index (χ2v) is 12.7. The minimum absolute atomic E-state index is 0.00661. The lowest BCUT2D eigenvalue weighted by atomic mass is 9.70. The maximum atomic E-state index is 10.0. The summed E-state index contributed by atoms with van der Waals surface area (Å²) in [7, 11) is 0. The van der Waals surface area contributed by atoms with Gasteiger partial charge in [0.25, 0.3) is 0 Å². The molecule has 2 N–H and O–H groups in total. The maximum Gasteiger partial charge on any atom is 0.118 e. The summed E-state index contributed by atoms with van der Waals surface area (Å²) in [6, 6.07) is 18.8. The van der Waals surface area contributed by atoms with Crippen LogP contribution in [-0.2, 0) is 16.2 Å². The van der Waals surface area contributed by atoms with Crippen molar-refractivity contribution in [3.05, 3.63) is 93.5 Å². The van der Waals surface area contributed by atoms with Gasteiger partial charge in [0.2, 0.25) is 0 Å². The Kier molecular flexibility index (Phi) is 9.69. The first-order valence-electron chi connectivity index (χ1n) is 13.8. The molecular formula is C35H50O2. The molecule has 0 aromatic heterocycles. The van der Waals surface area contributed by atoms with Crippen LogP contribution in [0.4, 0.5) is 0 Å². The molecule has 3 aromatic rings. The predicted molar refractivity (Wildman–Crippen MR) is 160 cm³/mol. The molecule has 0 unspecified atom stereocenters. The molecule has 202 valence electrons. The second kappa shape index (κ2) is 11.8.